The summed E-state index contributed by atoms with van der Waals surface area (Å²) in [6.45, 7) is 3.80. The van der Waals surface area contributed by atoms with Crippen LogP contribution in [0.2, 0.25) is 5.02 Å². The molecule has 47 heavy (non-hydrogen) atoms. The molecular formula is C36H40ClN3O7. The second-order valence-electron chi connectivity index (χ2n) is 13.0. The Kier molecular flexibility index (Phi) is 9.55. The molecule has 2 N–H and O–H groups in total. The van der Waals surface area contributed by atoms with Crippen molar-refractivity contribution in [3.05, 3.63) is 89.5 Å². The number of ether oxygens (including phenoxy) is 2. The first-order valence-electron chi connectivity index (χ1n) is 16.2. The van der Waals surface area contributed by atoms with Gasteiger partial charge < -0.3 is 29.7 Å². The van der Waals surface area contributed by atoms with E-state index in [4.69, 9.17) is 21.1 Å². The van der Waals surface area contributed by atoms with Crippen molar-refractivity contribution < 1.29 is 33.8 Å². The first-order valence-corrected chi connectivity index (χ1v) is 16.6. The highest BCUT2D eigenvalue weighted by Gasteiger charge is 2.72. The van der Waals surface area contributed by atoms with E-state index < -0.39 is 59.5 Å². The highest BCUT2D eigenvalue weighted by molar-refractivity contribution is 6.34. The van der Waals surface area contributed by atoms with E-state index in [2.05, 4.69) is 5.32 Å². The Morgan fingerprint density at radius 1 is 1.02 bits per heavy atom. The molecule has 0 radical (unpaired) electrons. The van der Waals surface area contributed by atoms with E-state index in [1.54, 1.807) is 48.6 Å². The maximum Gasteiger partial charge on any atom is 0.313 e. The molecule has 0 unspecified atom stereocenters. The first-order chi connectivity index (χ1) is 22.7. The lowest BCUT2D eigenvalue weighted by molar-refractivity contribution is -0.160. The summed E-state index contributed by atoms with van der Waals surface area (Å²) in [7, 11) is 0. The molecule has 2 aromatic carbocycles. The molecular weight excluding hydrogens is 622 g/mol. The van der Waals surface area contributed by atoms with Crippen LogP contribution in [0, 0.1) is 17.8 Å². The highest BCUT2D eigenvalue weighted by Crippen LogP contribution is 2.54. The number of para-hydroxylation sites is 1. The number of esters is 1. The van der Waals surface area contributed by atoms with Gasteiger partial charge in [0, 0.05) is 13.0 Å². The SMILES string of the molecule is CC(C)C[C@H](CO)N1C(=O)[C@@H]2[C@H]3C(=O)O[C@H](c4ccccc4)CNC(=O)CC/C=C\[C@H]3O[C@@]23C=CCN(c2ccccc2Cl)C(=O)[C@@H]13. The van der Waals surface area contributed by atoms with E-state index >= 15 is 0 Å². The van der Waals surface area contributed by atoms with E-state index in [0.29, 0.717) is 29.1 Å². The normalized spacial score (nSPS) is 30.8. The van der Waals surface area contributed by atoms with E-state index in [1.165, 1.54) is 9.80 Å². The number of rotatable bonds is 6. The number of hydrogen-bond acceptors (Lipinski definition) is 7. The summed E-state index contributed by atoms with van der Waals surface area (Å²) in [6, 6.07) is 14.2. The molecule has 6 rings (SSSR count). The van der Waals surface area contributed by atoms with Crippen molar-refractivity contribution in [1.82, 2.24) is 10.2 Å². The maximum absolute atomic E-state index is 14.8. The summed E-state index contributed by atoms with van der Waals surface area (Å²) in [6.07, 6.45) is 6.29. The quantitative estimate of drug-likeness (QED) is 0.354. The summed E-state index contributed by atoms with van der Waals surface area (Å²) in [5.74, 6) is -3.86. The van der Waals surface area contributed by atoms with Gasteiger partial charge in [-0.15, -0.1) is 0 Å². The number of likely N-dealkylation sites (tertiary alicyclic amines) is 1. The third-order valence-electron chi connectivity index (χ3n) is 9.47. The van der Waals surface area contributed by atoms with Gasteiger partial charge in [0.1, 0.15) is 23.7 Å². The number of aliphatic hydroxyl groups excluding tert-OH is 1. The Balaban J connectivity index is 1.47. The van der Waals surface area contributed by atoms with Crippen LogP contribution in [0.5, 0.6) is 0 Å². The number of halogens is 1. The van der Waals surface area contributed by atoms with Crippen molar-refractivity contribution in [2.24, 2.45) is 17.8 Å². The van der Waals surface area contributed by atoms with Gasteiger partial charge >= 0.3 is 5.97 Å². The smallest absolute Gasteiger partial charge is 0.313 e. The zero-order valence-corrected chi connectivity index (χ0v) is 27.2. The molecule has 0 aliphatic carbocycles. The summed E-state index contributed by atoms with van der Waals surface area (Å²) in [5.41, 5.74) is -0.370. The van der Waals surface area contributed by atoms with E-state index in [0.717, 1.165) is 0 Å². The summed E-state index contributed by atoms with van der Waals surface area (Å²) < 4.78 is 12.9. The molecule has 2 fully saturated rings. The Hall–Kier alpha value is -3.99. The van der Waals surface area contributed by atoms with Gasteiger partial charge in [0.05, 0.1) is 41.9 Å². The third-order valence-corrected chi connectivity index (χ3v) is 9.79. The van der Waals surface area contributed by atoms with Crippen LogP contribution in [0.25, 0.3) is 0 Å². The minimum atomic E-state index is -1.54. The van der Waals surface area contributed by atoms with Crippen LogP contribution in [0.15, 0.2) is 78.9 Å². The number of nitrogens with zero attached hydrogens (tertiary/aromatic N) is 2. The standard InChI is InChI=1S/C36H40ClN3O7/c1-22(2)19-24(21-41)40-32-34(44)39(26-14-7-6-13-25(26)37)18-10-17-36(32)31(33(40)43)30-27(47-36)15-8-9-16-29(42)38-20-28(46-35(30)45)23-11-4-3-5-12-23/h3-8,10-15,17,22,24,27-28,30-32,41H,9,16,18-21H2,1-2H3,(H,38,42)/b15-8-/t24-,27-,28+,30+,31+,32-,36+/m1/s1. The number of nitrogens with one attached hydrogen (secondary N) is 1. The molecule has 4 aliphatic rings. The largest absolute Gasteiger partial charge is 0.455 e. The summed E-state index contributed by atoms with van der Waals surface area (Å²) in [4.78, 5) is 59.5. The third kappa shape index (κ3) is 6.10. The molecule has 0 bridgehead atoms. The zero-order valence-electron chi connectivity index (χ0n) is 26.5. The number of allylic oxidation sites excluding steroid dienone is 1. The average molecular weight is 662 g/mol. The number of amides is 3. The van der Waals surface area contributed by atoms with Gasteiger partial charge in [0.25, 0.3) is 5.91 Å². The lowest BCUT2D eigenvalue weighted by Crippen LogP contribution is -2.58. The van der Waals surface area contributed by atoms with Crippen molar-refractivity contribution >= 4 is 41.0 Å². The molecule has 1 spiro atoms. The number of anilines is 1. The Morgan fingerprint density at radius 2 is 1.77 bits per heavy atom. The Bertz CT molecular complexity index is 1580. The minimum absolute atomic E-state index is 0.0568. The van der Waals surface area contributed by atoms with Gasteiger partial charge in [-0.25, -0.2) is 0 Å². The Morgan fingerprint density at radius 3 is 2.49 bits per heavy atom. The molecule has 2 aromatic rings. The fourth-order valence-electron chi connectivity index (χ4n) is 7.45. The average Bonchev–Trinajstić information content (AvgIpc) is 3.45. The highest BCUT2D eigenvalue weighted by atomic mass is 35.5. The van der Waals surface area contributed by atoms with Crippen molar-refractivity contribution in [2.75, 3.05) is 24.6 Å². The molecule has 3 amide bonds. The van der Waals surface area contributed by atoms with E-state index in [-0.39, 0.29) is 37.9 Å². The second-order valence-corrected chi connectivity index (χ2v) is 13.4. The fraction of sp³-hybridized carbons (Fsp3) is 0.444. The van der Waals surface area contributed by atoms with Gasteiger partial charge in [0.2, 0.25) is 11.8 Å². The maximum atomic E-state index is 14.8. The van der Waals surface area contributed by atoms with Crippen molar-refractivity contribution in [2.45, 2.75) is 63.0 Å². The number of cyclic esters (lactones) is 1. The van der Waals surface area contributed by atoms with E-state index in [1.807, 2.05) is 44.2 Å². The molecule has 248 valence electrons. The van der Waals surface area contributed by atoms with Gasteiger partial charge in [-0.3, -0.25) is 19.2 Å². The van der Waals surface area contributed by atoms with Gasteiger partial charge in [-0.05, 0) is 36.5 Å². The molecule has 4 aliphatic heterocycles. The van der Waals surface area contributed by atoms with Crippen LogP contribution in [0.3, 0.4) is 0 Å². The summed E-state index contributed by atoms with van der Waals surface area (Å²) >= 11 is 6.57. The van der Waals surface area contributed by atoms with Crippen LogP contribution < -0.4 is 10.2 Å². The van der Waals surface area contributed by atoms with Crippen LogP contribution >= 0.6 is 11.6 Å². The number of carbonyl (C=O) groups is 4. The van der Waals surface area contributed by atoms with Crippen LogP contribution in [0.4, 0.5) is 5.69 Å². The van der Waals surface area contributed by atoms with Gasteiger partial charge in [-0.2, -0.15) is 0 Å². The molecule has 4 heterocycles. The number of fused-ring (bicyclic) bond motifs is 2. The number of aliphatic hydroxyl groups is 1. The van der Waals surface area contributed by atoms with E-state index in [9.17, 15) is 24.3 Å². The van der Waals surface area contributed by atoms with Crippen molar-refractivity contribution in [3.8, 4) is 0 Å². The molecule has 7 atom stereocenters. The molecule has 11 heteroatoms. The predicted octanol–water partition coefficient (Wildman–Crippen LogP) is 3.98. The second kappa shape index (κ2) is 13.6. The van der Waals surface area contributed by atoms with Crippen molar-refractivity contribution in [3.63, 3.8) is 0 Å². The van der Waals surface area contributed by atoms with Gasteiger partial charge in [-0.1, -0.05) is 92.2 Å². The number of benzene rings is 2. The lowest BCUT2D eigenvalue weighted by atomic mass is 9.77. The number of carbonyl (C=O) groups excluding carboxylic acids is 4. The van der Waals surface area contributed by atoms with Crippen molar-refractivity contribution in [1.29, 1.82) is 0 Å². The lowest BCUT2D eigenvalue weighted by Gasteiger charge is -2.39. The molecule has 2 saturated heterocycles. The fourth-order valence-corrected chi connectivity index (χ4v) is 7.68. The number of hydrogen-bond donors (Lipinski definition) is 2. The molecule has 0 saturated carbocycles. The van der Waals surface area contributed by atoms with Crippen LogP contribution in [-0.4, -0.2) is 77.2 Å². The van der Waals surface area contributed by atoms with Crippen LogP contribution in [0.1, 0.15) is 44.8 Å². The van der Waals surface area contributed by atoms with Gasteiger partial charge in [0.15, 0.2) is 0 Å². The predicted molar refractivity (Wildman–Crippen MR) is 175 cm³/mol. The first kappa shape index (κ1) is 32.9. The molecule has 10 nitrogen and oxygen atoms in total. The molecule has 0 aromatic heterocycles. The summed E-state index contributed by atoms with van der Waals surface area (Å²) in [5, 5.41) is 13.9. The minimum Gasteiger partial charge on any atom is -0.455 e. The zero-order chi connectivity index (χ0) is 33.3. The Labute approximate surface area is 279 Å². The monoisotopic (exact) mass is 661 g/mol. The topological polar surface area (TPSA) is 125 Å². The van der Waals surface area contributed by atoms with Crippen LogP contribution in [-0.2, 0) is 28.7 Å².